The molecule has 0 spiro atoms. The Balaban J connectivity index is 1.32. The fraction of sp³-hybridized carbons (Fsp3) is 0. The molecule has 0 saturated carbocycles. The van der Waals surface area contributed by atoms with Crippen molar-refractivity contribution in [2.75, 3.05) is 0 Å². The average Bonchev–Trinajstić information content (AvgIpc) is 3.91. The molecule has 290 valence electrons. The van der Waals surface area contributed by atoms with E-state index in [1.807, 2.05) is 11.3 Å². The lowest BCUT2D eigenvalue weighted by Gasteiger charge is -2.24. The molecule has 62 heavy (non-hydrogen) atoms. The van der Waals surface area contributed by atoms with Crippen molar-refractivity contribution in [1.82, 2.24) is 4.57 Å². The molecule has 0 aliphatic rings. The minimum atomic E-state index is 1.12. The molecule has 1 nitrogen and oxygen atoms in total. The Morgan fingerprint density at radius 3 is 1.42 bits per heavy atom. The largest absolute Gasteiger partial charge is 0.309 e. The Kier molecular flexibility index (Phi) is 8.76. The first-order valence-electron chi connectivity index (χ1n) is 21.3. The van der Waals surface area contributed by atoms with E-state index in [0.29, 0.717) is 0 Å². The number of aromatic nitrogens is 1. The van der Waals surface area contributed by atoms with Crippen LogP contribution in [0.3, 0.4) is 0 Å². The van der Waals surface area contributed by atoms with Gasteiger partial charge in [-0.05, 0) is 74.3 Å². The number of rotatable bonds is 7. The van der Waals surface area contributed by atoms with Crippen LogP contribution in [0.4, 0.5) is 0 Å². The van der Waals surface area contributed by atoms with E-state index < -0.39 is 0 Å². The van der Waals surface area contributed by atoms with Crippen LogP contribution in [-0.2, 0) is 0 Å². The van der Waals surface area contributed by atoms with Crippen molar-refractivity contribution in [3.63, 3.8) is 0 Å². The van der Waals surface area contributed by atoms with Gasteiger partial charge in [-0.1, -0.05) is 212 Å². The zero-order chi connectivity index (χ0) is 41.0. The maximum absolute atomic E-state index is 2.57. The van der Waals surface area contributed by atoms with Crippen LogP contribution in [0.5, 0.6) is 0 Å². The highest BCUT2D eigenvalue weighted by Crippen LogP contribution is 2.55. The Hall–Kier alpha value is -7.78. The topological polar surface area (TPSA) is 4.93 Å². The molecule has 2 heterocycles. The van der Waals surface area contributed by atoms with Crippen molar-refractivity contribution in [3.8, 4) is 72.4 Å². The summed E-state index contributed by atoms with van der Waals surface area (Å²) in [4.78, 5) is 0. The van der Waals surface area contributed by atoms with Gasteiger partial charge in [0.1, 0.15) is 0 Å². The smallest absolute Gasteiger partial charge is 0.0632 e. The van der Waals surface area contributed by atoms with Gasteiger partial charge in [0.15, 0.2) is 0 Å². The van der Waals surface area contributed by atoms with Crippen LogP contribution in [0.2, 0.25) is 0 Å². The summed E-state index contributed by atoms with van der Waals surface area (Å²) in [6.45, 7) is 0. The van der Waals surface area contributed by atoms with Crippen LogP contribution < -0.4 is 0 Å². The molecule has 0 amide bonds. The Morgan fingerprint density at radius 2 is 0.774 bits per heavy atom. The number of nitrogens with zero attached hydrogens (tertiary/aromatic N) is 1. The number of thiophene rings is 1. The van der Waals surface area contributed by atoms with E-state index >= 15 is 0 Å². The van der Waals surface area contributed by atoms with Gasteiger partial charge in [-0.3, -0.25) is 0 Å². The predicted molar refractivity (Wildman–Crippen MR) is 266 cm³/mol. The lowest BCUT2D eigenvalue weighted by molar-refractivity contribution is 1.18. The second-order valence-electron chi connectivity index (χ2n) is 15.9. The summed E-state index contributed by atoms with van der Waals surface area (Å²) < 4.78 is 5.20. The zero-order valence-corrected chi connectivity index (χ0v) is 34.7. The second-order valence-corrected chi connectivity index (χ2v) is 17.0. The molecule has 0 bridgehead atoms. The molecule has 0 fully saturated rings. The van der Waals surface area contributed by atoms with Crippen LogP contribution in [-0.4, -0.2) is 4.57 Å². The highest BCUT2D eigenvalue weighted by Gasteiger charge is 2.30. The van der Waals surface area contributed by atoms with Crippen molar-refractivity contribution in [1.29, 1.82) is 0 Å². The molecule has 0 atom stereocenters. The van der Waals surface area contributed by atoms with Crippen molar-refractivity contribution >= 4 is 53.3 Å². The minimum absolute atomic E-state index is 1.12. The maximum Gasteiger partial charge on any atom is 0.0632 e. The number of benzene rings is 10. The molecule has 0 aliphatic heterocycles. The first-order valence-corrected chi connectivity index (χ1v) is 22.1. The van der Waals surface area contributed by atoms with Crippen LogP contribution in [0.15, 0.2) is 237 Å². The highest BCUT2D eigenvalue weighted by molar-refractivity contribution is 7.26. The summed E-state index contributed by atoms with van der Waals surface area (Å²) in [6.07, 6.45) is 0. The van der Waals surface area contributed by atoms with E-state index in [0.717, 1.165) is 11.2 Å². The van der Waals surface area contributed by atoms with E-state index in [1.165, 1.54) is 103 Å². The summed E-state index contributed by atoms with van der Waals surface area (Å²) in [5.74, 6) is 0. The molecule has 12 rings (SSSR count). The number of hydrogen-bond acceptors (Lipinski definition) is 1. The molecule has 0 aliphatic carbocycles. The summed E-state index contributed by atoms with van der Waals surface area (Å²) >= 11 is 1.88. The molecule has 10 aromatic carbocycles. The van der Waals surface area contributed by atoms with Crippen LogP contribution in [0.25, 0.3) is 114 Å². The van der Waals surface area contributed by atoms with E-state index in [1.54, 1.807) is 0 Å². The van der Waals surface area contributed by atoms with E-state index in [2.05, 4.69) is 241 Å². The number of hydrogen-bond donors (Lipinski definition) is 0. The van der Waals surface area contributed by atoms with Gasteiger partial charge in [0, 0.05) is 53.3 Å². The van der Waals surface area contributed by atoms with Gasteiger partial charge in [0.05, 0.1) is 11.0 Å². The lowest BCUT2D eigenvalue weighted by Crippen LogP contribution is -2.01. The first-order chi connectivity index (χ1) is 30.8. The van der Waals surface area contributed by atoms with Crippen molar-refractivity contribution in [2.24, 2.45) is 0 Å². The van der Waals surface area contributed by atoms with Crippen molar-refractivity contribution < 1.29 is 0 Å². The van der Waals surface area contributed by atoms with E-state index in [9.17, 15) is 0 Å². The molecule has 0 N–H and O–H groups in total. The molecule has 0 radical (unpaired) electrons. The van der Waals surface area contributed by atoms with Gasteiger partial charge in [-0.25, -0.2) is 0 Å². The standard InChI is InChI=1S/C60H39NS/c1-6-21-40(22-7-1)47-34-20-37-51-57(47)58-55(43-27-12-4-13-28-43)53(41-23-8-2-9-24-41)54(42-25-10-3-11-26-42)56(44-29-14-5-15-30-44)59(58)61(51)46-32-18-31-45(39-46)48-35-19-36-50-49-33-16-17-38-52(49)62-60(48)50/h1-39H. The summed E-state index contributed by atoms with van der Waals surface area (Å²) in [6, 6.07) is 86.8. The Bertz CT molecular complexity index is 3590. The van der Waals surface area contributed by atoms with E-state index in [4.69, 9.17) is 0 Å². The maximum atomic E-state index is 2.57. The number of fused-ring (bicyclic) bond motifs is 6. The molecule has 2 heteroatoms. The lowest BCUT2D eigenvalue weighted by atomic mass is 9.79. The SMILES string of the molecule is c1ccc(-c2c(-c3ccccc3)c(-c3ccccc3)c3c(c2-c2ccccc2)c2c(-c4ccccc4)cccc2n3-c2cccc(-c3cccc4c3sc3ccccc34)c2)cc1. The molecule has 0 saturated heterocycles. The Morgan fingerprint density at radius 1 is 0.306 bits per heavy atom. The third kappa shape index (κ3) is 5.84. The fourth-order valence-electron chi connectivity index (χ4n) is 9.79. The molecular formula is C60H39NS. The summed E-state index contributed by atoms with van der Waals surface area (Å²) in [5, 5.41) is 5.08. The third-order valence-corrected chi connectivity index (χ3v) is 13.6. The zero-order valence-electron chi connectivity index (χ0n) is 33.9. The second kappa shape index (κ2) is 15.0. The fourth-order valence-corrected chi connectivity index (χ4v) is 11.0. The average molecular weight is 806 g/mol. The summed E-state index contributed by atoms with van der Waals surface area (Å²) in [7, 11) is 0. The molecule has 12 aromatic rings. The normalized spacial score (nSPS) is 11.5. The monoisotopic (exact) mass is 805 g/mol. The van der Waals surface area contributed by atoms with Gasteiger partial charge in [0.2, 0.25) is 0 Å². The quantitative estimate of drug-likeness (QED) is 0.151. The van der Waals surface area contributed by atoms with Crippen LogP contribution in [0.1, 0.15) is 0 Å². The van der Waals surface area contributed by atoms with Gasteiger partial charge in [0.25, 0.3) is 0 Å². The molecular weight excluding hydrogens is 767 g/mol. The van der Waals surface area contributed by atoms with E-state index in [-0.39, 0.29) is 0 Å². The minimum Gasteiger partial charge on any atom is -0.309 e. The van der Waals surface area contributed by atoms with Crippen LogP contribution >= 0.6 is 11.3 Å². The third-order valence-electron chi connectivity index (χ3n) is 12.4. The van der Waals surface area contributed by atoms with Crippen LogP contribution in [0, 0.1) is 0 Å². The van der Waals surface area contributed by atoms with Gasteiger partial charge in [-0.2, -0.15) is 0 Å². The predicted octanol–water partition coefficient (Wildman–Crippen LogP) is 17.2. The summed E-state index contributed by atoms with van der Waals surface area (Å²) in [5.41, 5.74) is 17.9. The van der Waals surface area contributed by atoms with Crippen molar-refractivity contribution in [3.05, 3.63) is 237 Å². The van der Waals surface area contributed by atoms with Gasteiger partial charge >= 0.3 is 0 Å². The van der Waals surface area contributed by atoms with Gasteiger partial charge in [-0.15, -0.1) is 11.3 Å². The molecule has 0 unspecified atom stereocenters. The highest BCUT2D eigenvalue weighted by atomic mass is 32.1. The Labute approximate surface area is 365 Å². The van der Waals surface area contributed by atoms with Crippen molar-refractivity contribution in [2.45, 2.75) is 0 Å². The first kappa shape index (κ1) is 36.1. The molecule has 2 aromatic heterocycles. The van der Waals surface area contributed by atoms with Gasteiger partial charge < -0.3 is 4.57 Å².